The molecule has 2 rings (SSSR count). The van der Waals surface area contributed by atoms with Crippen molar-refractivity contribution in [3.63, 3.8) is 0 Å². The zero-order valence-corrected chi connectivity index (χ0v) is 15.9. The number of hydrogen-bond donors (Lipinski definition) is 1. The molecule has 0 aliphatic carbocycles. The molecule has 3 heteroatoms. The van der Waals surface area contributed by atoms with Crippen LogP contribution in [0.2, 0.25) is 0 Å². The molecular formula is C22H29NO2. The van der Waals surface area contributed by atoms with Gasteiger partial charge < -0.3 is 10.1 Å². The first kappa shape index (κ1) is 19.0. The average molecular weight is 339 g/mol. The molecule has 2 aromatic carbocycles. The molecule has 1 amide bonds. The Bertz CT molecular complexity index is 707. The van der Waals surface area contributed by atoms with Gasteiger partial charge in [-0.25, -0.2) is 0 Å². The molecule has 0 radical (unpaired) electrons. The van der Waals surface area contributed by atoms with Gasteiger partial charge in [0.1, 0.15) is 5.75 Å². The van der Waals surface area contributed by atoms with Crippen molar-refractivity contribution in [1.82, 2.24) is 5.32 Å². The third-order valence-corrected chi connectivity index (χ3v) is 4.57. The zero-order chi connectivity index (χ0) is 18.4. The zero-order valence-electron chi connectivity index (χ0n) is 15.9. The minimum absolute atomic E-state index is 0.0216. The molecule has 134 valence electrons. The lowest BCUT2D eigenvalue weighted by Gasteiger charge is -2.21. The minimum Gasteiger partial charge on any atom is -0.496 e. The molecule has 2 aromatic rings. The Morgan fingerprint density at radius 3 is 2.36 bits per heavy atom. The number of nitrogens with one attached hydrogen (secondary N) is 1. The summed E-state index contributed by atoms with van der Waals surface area (Å²) in [6.45, 7) is 8.41. The van der Waals surface area contributed by atoms with E-state index in [0.29, 0.717) is 12.3 Å². The number of benzene rings is 2. The van der Waals surface area contributed by atoms with Crippen LogP contribution >= 0.6 is 0 Å². The summed E-state index contributed by atoms with van der Waals surface area (Å²) in [5, 5.41) is 3.13. The SMILES string of the molecule is COc1cc(C)c([C@H](C)NC(=O)CCc2ccccc2)cc1C(C)C. The van der Waals surface area contributed by atoms with E-state index in [1.165, 1.54) is 11.1 Å². The van der Waals surface area contributed by atoms with Crippen molar-refractivity contribution < 1.29 is 9.53 Å². The van der Waals surface area contributed by atoms with Crippen LogP contribution in [0.5, 0.6) is 5.75 Å². The van der Waals surface area contributed by atoms with Gasteiger partial charge in [0, 0.05) is 6.42 Å². The Morgan fingerprint density at radius 1 is 1.08 bits per heavy atom. The molecule has 3 nitrogen and oxygen atoms in total. The maximum atomic E-state index is 12.3. The van der Waals surface area contributed by atoms with Crippen molar-refractivity contribution in [2.24, 2.45) is 0 Å². The summed E-state index contributed by atoms with van der Waals surface area (Å²) < 4.78 is 5.50. The maximum Gasteiger partial charge on any atom is 0.220 e. The van der Waals surface area contributed by atoms with Gasteiger partial charge in [-0.1, -0.05) is 44.2 Å². The van der Waals surface area contributed by atoms with E-state index >= 15 is 0 Å². The maximum absolute atomic E-state index is 12.3. The molecule has 0 fully saturated rings. The first-order chi connectivity index (χ1) is 11.9. The van der Waals surface area contributed by atoms with Crippen LogP contribution in [-0.2, 0) is 11.2 Å². The Morgan fingerprint density at radius 2 is 1.76 bits per heavy atom. The number of amides is 1. The molecule has 1 atom stereocenters. The first-order valence-electron chi connectivity index (χ1n) is 8.94. The van der Waals surface area contributed by atoms with Crippen LogP contribution in [-0.4, -0.2) is 13.0 Å². The summed E-state index contributed by atoms with van der Waals surface area (Å²) in [6.07, 6.45) is 1.26. The third kappa shape index (κ3) is 5.09. The van der Waals surface area contributed by atoms with E-state index in [1.807, 2.05) is 25.1 Å². The van der Waals surface area contributed by atoms with Gasteiger partial charge in [-0.3, -0.25) is 4.79 Å². The van der Waals surface area contributed by atoms with Crippen LogP contribution in [0.15, 0.2) is 42.5 Å². The van der Waals surface area contributed by atoms with E-state index in [0.717, 1.165) is 23.3 Å². The second-order valence-electron chi connectivity index (χ2n) is 6.88. The normalized spacial score (nSPS) is 12.1. The van der Waals surface area contributed by atoms with Crippen LogP contribution in [0.4, 0.5) is 0 Å². The number of methoxy groups -OCH3 is 1. The lowest BCUT2D eigenvalue weighted by Crippen LogP contribution is -2.27. The molecule has 0 aromatic heterocycles. The topological polar surface area (TPSA) is 38.3 Å². The van der Waals surface area contributed by atoms with Crippen LogP contribution in [0.25, 0.3) is 0 Å². The molecule has 0 aliphatic rings. The monoisotopic (exact) mass is 339 g/mol. The highest BCUT2D eigenvalue weighted by molar-refractivity contribution is 5.76. The molecule has 0 saturated carbocycles. The molecule has 0 spiro atoms. The quantitative estimate of drug-likeness (QED) is 0.776. The van der Waals surface area contributed by atoms with Crippen LogP contribution in [0.1, 0.15) is 61.4 Å². The summed E-state index contributed by atoms with van der Waals surface area (Å²) >= 11 is 0. The van der Waals surface area contributed by atoms with Gasteiger partial charge in [0.2, 0.25) is 5.91 Å². The second-order valence-corrected chi connectivity index (χ2v) is 6.88. The van der Waals surface area contributed by atoms with E-state index in [4.69, 9.17) is 4.74 Å². The van der Waals surface area contributed by atoms with Gasteiger partial charge in [-0.2, -0.15) is 0 Å². The van der Waals surface area contributed by atoms with Crippen LogP contribution in [0, 0.1) is 6.92 Å². The molecule has 0 saturated heterocycles. The van der Waals surface area contributed by atoms with Gasteiger partial charge in [-0.15, -0.1) is 0 Å². The molecule has 0 unspecified atom stereocenters. The number of carbonyl (C=O) groups excluding carboxylic acids is 1. The first-order valence-corrected chi connectivity index (χ1v) is 8.94. The van der Waals surface area contributed by atoms with Gasteiger partial charge in [0.05, 0.1) is 13.2 Å². The van der Waals surface area contributed by atoms with E-state index in [1.54, 1.807) is 7.11 Å². The van der Waals surface area contributed by atoms with Gasteiger partial charge in [0.15, 0.2) is 0 Å². The molecule has 0 aliphatic heterocycles. The average Bonchev–Trinajstić information content (AvgIpc) is 2.60. The predicted molar refractivity (Wildman–Crippen MR) is 103 cm³/mol. The number of aryl methyl sites for hydroxylation is 2. The van der Waals surface area contributed by atoms with Crippen molar-refractivity contribution in [3.05, 3.63) is 64.7 Å². The van der Waals surface area contributed by atoms with E-state index in [9.17, 15) is 4.79 Å². The summed E-state index contributed by atoms with van der Waals surface area (Å²) in [5.41, 5.74) is 4.65. The van der Waals surface area contributed by atoms with E-state index < -0.39 is 0 Å². The lowest BCUT2D eigenvalue weighted by atomic mass is 9.93. The molecule has 1 N–H and O–H groups in total. The number of carbonyl (C=O) groups is 1. The predicted octanol–water partition coefficient (Wildman–Crippen LogP) is 4.94. The van der Waals surface area contributed by atoms with E-state index in [2.05, 4.69) is 50.4 Å². The number of ether oxygens (including phenoxy) is 1. The molecular weight excluding hydrogens is 310 g/mol. The number of hydrogen-bond acceptors (Lipinski definition) is 2. The summed E-state index contributed by atoms with van der Waals surface area (Å²) in [6, 6.07) is 14.3. The third-order valence-electron chi connectivity index (χ3n) is 4.57. The Kier molecular flexibility index (Phi) is 6.63. The summed E-state index contributed by atoms with van der Waals surface area (Å²) in [5.74, 6) is 1.37. The van der Waals surface area contributed by atoms with Gasteiger partial charge >= 0.3 is 0 Å². The molecule has 25 heavy (non-hydrogen) atoms. The van der Waals surface area contributed by atoms with Gasteiger partial charge in [-0.05, 0) is 60.6 Å². The fraction of sp³-hybridized carbons (Fsp3) is 0.409. The summed E-state index contributed by atoms with van der Waals surface area (Å²) in [4.78, 5) is 12.3. The largest absolute Gasteiger partial charge is 0.496 e. The Labute approximate surface area is 151 Å². The van der Waals surface area contributed by atoms with E-state index in [-0.39, 0.29) is 11.9 Å². The molecule has 0 bridgehead atoms. The van der Waals surface area contributed by atoms with Crippen molar-refractivity contribution in [1.29, 1.82) is 0 Å². The minimum atomic E-state index is -0.0216. The number of rotatable bonds is 7. The van der Waals surface area contributed by atoms with Crippen molar-refractivity contribution in [3.8, 4) is 5.75 Å². The smallest absolute Gasteiger partial charge is 0.220 e. The lowest BCUT2D eigenvalue weighted by molar-refractivity contribution is -0.121. The highest BCUT2D eigenvalue weighted by atomic mass is 16.5. The van der Waals surface area contributed by atoms with Crippen LogP contribution < -0.4 is 10.1 Å². The van der Waals surface area contributed by atoms with Crippen molar-refractivity contribution in [2.75, 3.05) is 7.11 Å². The van der Waals surface area contributed by atoms with Crippen LogP contribution in [0.3, 0.4) is 0 Å². The van der Waals surface area contributed by atoms with Gasteiger partial charge in [0.25, 0.3) is 0 Å². The highest BCUT2D eigenvalue weighted by Gasteiger charge is 2.16. The van der Waals surface area contributed by atoms with Crippen molar-refractivity contribution >= 4 is 5.91 Å². The fourth-order valence-electron chi connectivity index (χ4n) is 3.10. The molecule has 0 heterocycles. The fourth-order valence-corrected chi connectivity index (χ4v) is 3.10. The standard InChI is InChI=1S/C22H29NO2/c1-15(2)19-14-20(16(3)13-21(19)25-5)17(4)23-22(24)12-11-18-9-7-6-8-10-18/h6-10,13-15,17H,11-12H2,1-5H3,(H,23,24)/t17-/m0/s1. The summed E-state index contributed by atoms with van der Waals surface area (Å²) in [7, 11) is 1.70. The Hall–Kier alpha value is -2.29. The highest BCUT2D eigenvalue weighted by Crippen LogP contribution is 2.32. The second kappa shape index (κ2) is 8.70. The van der Waals surface area contributed by atoms with Crippen molar-refractivity contribution in [2.45, 2.75) is 52.5 Å². The Balaban J connectivity index is 2.05.